The molecule has 0 aromatic carbocycles. The molecule has 1 saturated heterocycles. The number of aromatic amines is 1. The number of nitrogens with zero attached hydrogens (tertiary/aromatic N) is 4. The van der Waals surface area contributed by atoms with E-state index < -0.39 is 0 Å². The minimum atomic E-state index is 0.0169. The van der Waals surface area contributed by atoms with Crippen LogP contribution in [0.1, 0.15) is 28.5 Å². The molecule has 4 rings (SSSR count). The fourth-order valence-corrected chi connectivity index (χ4v) is 4.78. The summed E-state index contributed by atoms with van der Waals surface area (Å²) in [5, 5.41) is 1.09. The van der Waals surface area contributed by atoms with Crippen molar-refractivity contribution in [3.8, 4) is 0 Å². The molecule has 0 saturated carbocycles. The Bertz CT molecular complexity index is 780. The van der Waals surface area contributed by atoms with Gasteiger partial charge in [0, 0.05) is 49.2 Å². The lowest BCUT2D eigenvalue weighted by Crippen LogP contribution is -2.36. The van der Waals surface area contributed by atoms with Gasteiger partial charge in [0.25, 0.3) is 0 Å². The maximum atomic E-state index is 12.9. The van der Waals surface area contributed by atoms with Crippen molar-refractivity contribution in [2.24, 2.45) is 5.92 Å². The first-order chi connectivity index (χ1) is 12.6. The summed E-state index contributed by atoms with van der Waals surface area (Å²) in [5.41, 5.74) is 2.13. The first-order valence-electron chi connectivity index (χ1n) is 9.17. The quantitative estimate of drug-likeness (QED) is 0.882. The third-order valence-electron chi connectivity index (χ3n) is 5.08. The number of thiazole rings is 1. The Hall–Kier alpha value is -1.93. The van der Waals surface area contributed by atoms with E-state index in [2.05, 4.69) is 14.9 Å². The van der Waals surface area contributed by atoms with Crippen molar-refractivity contribution in [2.75, 3.05) is 38.3 Å². The van der Waals surface area contributed by atoms with Crippen molar-refractivity contribution in [1.29, 1.82) is 0 Å². The highest BCUT2D eigenvalue weighted by molar-refractivity contribution is 7.15. The second kappa shape index (κ2) is 7.36. The monoisotopic (exact) mass is 375 g/mol. The summed E-state index contributed by atoms with van der Waals surface area (Å²) >= 11 is 1.79. The van der Waals surface area contributed by atoms with E-state index in [4.69, 9.17) is 9.72 Å². The van der Waals surface area contributed by atoms with Gasteiger partial charge in [0.1, 0.15) is 5.82 Å². The molecule has 2 aromatic rings. The number of fused-ring (bicyclic) bond motifs is 1. The number of hydrogen-bond donors (Lipinski definition) is 1. The van der Waals surface area contributed by atoms with E-state index in [9.17, 15) is 4.79 Å². The van der Waals surface area contributed by atoms with E-state index in [1.807, 2.05) is 14.0 Å². The molecule has 0 spiro atoms. The van der Waals surface area contributed by atoms with Gasteiger partial charge in [-0.3, -0.25) is 4.79 Å². The zero-order valence-corrected chi connectivity index (χ0v) is 16.1. The van der Waals surface area contributed by atoms with Gasteiger partial charge in [0.15, 0.2) is 5.13 Å². The Balaban J connectivity index is 1.40. The van der Waals surface area contributed by atoms with Crippen LogP contribution in [-0.4, -0.2) is 59.1 Å². The summed E-state index contributed by atoms with van der Waals surface area (Å²) in [6.07, 6.45) is 4.39. The number of ether oxygens (including phenoxy) is 1. The largest absolute Gasteiger partial charge is 0.378 e. The van der Waals surface area contributed by atoms with Gasteiger partial charge in [-0.1, -0.05) is 0 Å². The first kappa shape index (κ1) is 17.5. The number of morpholine rings is 1. The number of carbonyl (C=O) groups is 1. The van der Waals surface area contributed by atoms with Crippen molar-refractivity contribution in [3.05, 3.63) is 28.3 Å². The molecular formula is C18H25N5O2S. The topological polar surface area (TPSA) is 74.3 Å². The van der Waals surface area contributed by atoms with Crippen molar-refractivity contribution in [3.63, 3.8) is 0 Å². The van der Waals surface area contributed by atoms with Crippen molar-refractivity contribution < 1.29 is 9.53 Å². The van der Waals surface area contributed by atoms with Crippen LogP contribution < -0.4 is 4.90 Å². The number of aryl methyl sites for hydroxylation is 2. The van der Waals surface area contributed by atoms with Gasteiger partial charge in [0.05, 0.1) is 25.5 Å². The fraction of sp³-hybridized carbons (Fsp3) is 0.611. The molecule has 1 N–H and O–H groups in total. The van der Waals surface area contributed by atoms with Gasteiger partial charge in [-0.05, 0) is 19.8 Å². The molecule has 0 bridgehead atoms. The summed E-state index contributed by atoms with van der Waals surface area (Å²) in [7, 11) is 1.86. The lowest BCUT2D eigenvalue weighted by molar-refractivity contribution is -0.135. The molecule has 7 nitrogen and oxygen atoms in total. The van der Waals surface area contributed by atoms with Crippen molar-refractivity contribution >= 4 is 22.4 Å². The zero-order valence-electron chi connectivity index (χ0n) is 15.3. The Morgan fingerprint density at radius 3 is 3.00 bits per heavy atom. The predicted octanol–water partition coefficient (Wildman–Crippen LogP) is 1.77. The van der Waals surface area contributed by atoms with Crippen molar-refractivity contribution in [1.82, 2.24) is 19.9 Å². The summed E-state index contributed by atoms with van der Waals surface area (Å²) in [4.78, 5) is 30.6. The number of aromatic nitrogens is 3. The van der Waals surface area contributed by atoms with Gasteiger partial charge in [0.2, 0.25) is 5.91 Å². The van der Waals surface area contributed by atoms with Crippen LogP contribution in [0.2, 0.25) is 0 Å². The standard InChI is InChI=1S/C18H25N5O2S/c1-12-10-19-16(20-12)11-22(2)17(24)13-3-4-15-14(9-13)21-18(26-15)23-5-7-25-8-6-23/h10,13H,3-9,11H2,1-2H3,(H,19,20). The molecule has 26 heavy (non-hydrogen) atoms. The minimum Gasteiger partial charge on any atom is -0.378 e. The Morgan fingerprint density at radius 1 is 1.46 bits per heavy atom. The highest BCUT2D eigenvalue weighted by Crippen LogP contribution is 2.34. The molecular weight excluding hydrogens is 350 g/mol. The fourth-order valence-electron chi connectivity index (χ4n) is 3.63. The Morgan fingerprint density at radius 2 is 2.27 bits per heavy atom. The van der Waals surface area contributed by atoms with Crippen LogP contribution in [0.15, 0.2) is 6.20 Å². The molecule has 1 amide bonds. The smallest absolute Gasteiger partial charge is 0.226 e. The number of nitrogens with one attached hydrogen (secondary N) is 1. The molecule has 1 unspecified atom stereocenters. The normalized spacial score (nSPS) is 20.1. The molecule has 1 fully saturated rings. The first-order valence-corrected chi connectivity index (χ1v) is 9.98. The third kappa shape index (κ3) is 3.61. The van der Waals surface area contributed by atoms with E-state index in [1.54, 1.807) is 22.4 Å². The minimum absolute atomic E-state index is 0.0169. The highest BCUT2D eigenvalue weighted by Gasteiger charge is 2.30. The van der Waals surface area contributed by atoms with Crippen molar-refractivity contribution in [2.45, 2.75) is 32.7 Å². The summed E-state index contributed by atoms with van der Waals surface area (Å²) in [5.74, 6) is 1.03. The van der Waals surface area contributed by atoms with Gasteiger partial charge in [-0.25, -0.2) is 9.97 Å². The van der Waals surface area contributed by atoms with Gasteiger partial charge in [-0.2, -0.15) is 0 Å². The molecule has 2 aromatic heterocycles. The number of H-pyrrole nitrogens is 1. The van der Waals surface area contributed by atoms with E-state index in [1.165, 1.54) is 4.88 Å². The average Bonchev–Trinajstić information content (AvgIpc) is 3.27. The number of imidazole rings is 1. The second-order valence-electron chi connectivity index (χ2n) is 7.11. The molecule has 8 heteroatoms. The lowest BCUT2D eigenvalue weighted by Gasteiger charge is -2.26. The Labute approximate surface area is 157 Å². The van der Waals surface area contributed by atoms with E-state index in [0.29, 0.717) is 6.54 Å². The molecule has 0 radical (unpaired) electrons. The maximum absolute atomic E-state index is 12.9. The summed E-state index contributed by atoms with van der Waals surface area (Å²) in [6, 6.07) is 0. The van der Waals surface area contributed by atoms with Gasteiger partial charge in [-0.15, -0.1) is 11.3 Å². The van der Waals surface area contributed by atoms with Crippen LogP contribution in [0.3, 0.4) is 0 Å². The van der Waals surface area contributed by atoms with Gasteiger partial charge >= 0.3 is 0 Å². The third-order valence-corrected chi connectivity index (χ3v) is 6.29. The van der Waals surface area contributed by atoms with Crippen LogP contribution in [0.5, 0.6) is 0 Å². The SMILES string of the molecule is Cc1cnc(CN(C)C(=O)C2CCc3sc(N4CCOCC4)nc3C2)[nH]1. The average molecular weight is 375 g/mol. The van der Waals surface area contributed by atoms with E-state index in [-0.39, 0.29) is 11.8 Å². The predicted molar refractivity (Wildman–Crippen MR) is 100 cm³/mol. The summed E-state index contributed by atoms with van der Waals surface area (Å²) in [6.45, 7) is 5.83. The van der Waals surface area contributed by atoms with Crippen LogP contribution in [-0.2, 0) is 28.9 Å². The highest BCUT2D eigenvalue weighted by atomic mass is 32.1. The molecule has 2 aliphatic rings. The molecule has 1 atom stereocenters. The number of rotatable bonds is 4. The number of hydrogen-bond acceptors (Lipinski definition) is 6. The number of carbonyl (C=O) groups excluding carboxylic acids is 1. The van der Waals surface area contributed by atoms with Crippen LogP contribution >= 0.6 is 11.3 Å². The molecule has 140 valence electrons. The molecule has 1 aliphatic carbocycles. The number of anilines is 1. The number of amides is 1. The summed E-state index contributed by atoms with van der Waals surface area (Å²) < 4.78 is 5.43. The Kier molecular flexibility index (Phi) is 4.95. The zero-order chi connectivity index (χ0) is 18.1. The van der Waals surface area contributed by atoms with Crippen LogP contribution in [0, 0.1) is 12.8 Å². The molecule has 1 aliphatic heterocycles. The van der Waals surface area contributed by atoms with Crippen LogP contribution in [0.4, 0.5) is 5.13 Å². The van der Waals surface area contributed by atoms with Crippen LogP contribution in [0.25, 0.3) is 0 Å². The van der Waals surface area contributed by atoms with Gasteiger partial charge < -0.3 is 19.5 Å². The maximum Gasteiger partial charge on any atom is 0.226 e. The molecule has 3 heterocycles. The second-order valence-corrected chi connectivity index (χ2v) is 8.17. The lowest BCUT2D eigenvalue weighted by atomic mass is 9.90. The van der Waals surface area contributed by atoms with E-state index in [0.717, 1.165) is 67.9 Å². The van der Waals surface area contributed by atoms with E-state index >= 15 is 0 Å².